The van der Waals surface area contributed by atoms with Crippen molar-refractivity contribution < 1.29 is 19.1 Å². The molecule has 0 aromatic carbocycles. The zero-order valence-corrected chi connectivity index (χ0v) is 13.4. The molecule has 3 aliphatic rings. The number of rotatable bonds is 3. The zero-order chi connectivity index (χ0) is 15.7. The average Bonchev–Trinajstić information content (AvgIpc) is 3.03. The van der Waals surface area contributed by atoms with E-state index in [-0.39, 0.29) is 17.9 Å². The summed E-state index contributed by atoms with van der Waals surface area (Å²) in [4.78, 5) is 24.3. The van der Waals surface area contributed by atoms with E-state index in [1.807, 2.05) is 0 Å². The fourth-order valence-corrected chi connectivity index (χ4v) is 3.96. The molecular formula is C18H24O4. The number of ether oxygens (including phenoxy) is 2. The Hall–Kier alpha value is -1.58. The molecule has 0 saturated carbocycles. The summed E-state index contributed by atoms with van der Waals surface area (Å²) in [5.74, 6) is 0.209. The van der Waals surface area contributed by atoms with Gasteiger partial charge in [-0.25, -0.2) is 9.59 Å². The second kappa shape index (κ2) is 6.27. The fraction of sp³-hybridized carbons (Fsp3) is 0.667. The van der Waals surface area contributed by atoms with E-state index in [1.54, 1.807) is 0 Å². The standard InChI is InChI=1S/C18H24O4/c1-3-5-12-8-15-13(9-21-17(15)19)6-11(4-2)7-14-10-22-18(20)16(12)14/h11-12H,3-10H2,1-2H3/t11-,12-/m1/s1. The summed E-state index contributed by atoms with van der Waals surface area (Å²) in [7, 11) is 0. The first-order valence-electron chi connectivity index (χ1n) is 8.41. The summed E-state index contributed by atoms with van der Waals surface area (Å²) in [6, 6.07) is 0. The van der Waals surface area contributed by atoms with Crippen LogP contribution in [0.1, 0.15) is 52.4 Å². The topological polar surface area (TPSA) is 52.6 Å². The molecule has 1 aliphatic carbocycles. The van der Waals surface area contributed by atoms with Crippen molar-refractivity contribution in [2.45, 2.75) is 52.4 Å². The van der Waals surface area contributed by atoms with Gasteiger partial charge in [-0.05, 0) is 48.7 Å². The van der Waals surface area contributed by atoms with E-state index in [4.69, 9.17) is 9.47 Å². The molecule has 0 unspecified atom stereocenters. The molecule has 0 aromatic rings. The second-order valence-electron chi connectivity index (χ2n) is 6.62. The Kier molecular flexibility index (Phi) is 4.37. The van der Waals surface area contributed by atoms with Crippen LogP contribution in [0.5, 0.6) is 0 Å². The summed E-state index contributed by atoms with van der Waals surface area (Å²) in [5.41, 5.74) is 4.01. The number of hydrogen-bond donors (Lipinski definition) is 0. The number of carbonyl (C=O) groups excluding carboxylic acids is 2. The predicted molar refractivity (Wildman–Crippen MR) is 82.0 cm³/mol. The lowest BCUT2D eigenvalue weighted by molar-refractivity contribution is -0.137. The zero-order valence-electron chi connectivity index (χ0n) is 13.4. The van der Waals surface area contributed by atoms with Gasteiger partial charge in [-0.1, -0.05) is 26.7 Å². The molecule has 0 fully saturated rings. The Morgan fingerprint density at radius 2 is 1.64 bits per heavy atom. The third kappa shape index (κ3) is 2.71. The van der Waals surface area contributed by atoms with E-state index >= 15 is 0 Å². The molecule has 22 heavy (non-hydrogen) atoms. The summed E-state index contributed by atoms with van der Waals surface area (Å²) in [6.45, 7) is 5.17. The van der Waals surface area contributed by atoms with Gasteiger partial charge in [0.25, 0.3) is 0 Å². The largest absolute Gasteiger partial charge is 0.458 e. The second-order valence-corrected chi connectivity index (χ2v) is 6.62. The van der Waals surface area contributed by atoms with Crippen LogP contribution in [-0.4, -0.2) is 25.2 Å². The van der Waals surface area contributed by atoms with E-state index in [0.29, 0.717) is 25.6 Å². The van der Waals surface area contributed by atoms with Crippen molar-refractivity contribution in [3.8, 4) is 0 Å². The van der Waals surface area contributed by atoms with Crippen molar-refractivity contribution in [3.63, 3.8) is 0 Å². The molecule has 0 saturated heterocycles. The highest BCUT2D eigenvalue weighted by Gasteiger charge is 2.37. The highest BCUT2D eigenvalue weighted by atomic mass is 16.5. The third-order valence-electron chi connectivity index (χ3n) is 5.17. The average molecular weight is 304 g/mol. The van der Waals surface area contributed by atoms with Gasteiger partial charge in [0, 0.05) is 11.1 Å². The van der Waals surface area contributed by atoms with Crippen molar-refractivity contribution in [1.82, 2.24) is 0 Å². The molecule has 4 nitrogen and oxygen atoms in total. The molecule has 0 N–H and O–H groups in total. The van der Waals surface area contributed by atoms with Crippen LogP contribution < -0.4 is 0 Å². The van der Waals surface area contributed by atoms with Crippen LogP contribution in [0.15, 0.2) is 22.3 Å². The van der Waals surface area contributed by atoms with E-state index in [0.717, 1.165) is 48.8 Å². The highest BCUT2D eigenvalue weighted by Crippen LogP contribution is 2.40. The minimum Gasteiger partial charge on any atom is -0.458 e. The molecule has 0 bridgehead atoms. The predicted octanol–water partition coefficient (Wildman–Crippen LogP) is 3.32. The van der Waals surface area contributed by atoms with Gasteiger partial charge in [0.15, 0.2) is 0 Å². The lowest BCUT2D eigenvalue weighted by Crippen LogP contribution is -2.15. The minimum atomic E-state index is -0.179. The molecule has 2 heterocycles. The minimum absolute atomic E-state index is 0.0984. The number of esters is 2. The van der Waals surface area contributed by atoms with Crippen molar-refractivity contribution in [3.05, 3.63) is 22.3 Å². The Balaban J connectivity index is 2.01. The van der Waals surface area contributed by atoms with Crippen molar-refractivity contribution >= 4 is 11.9 Å². The first-order valence-corrected chi connectivity index (χ1v) is 8.41. The molecule has 0 amide bonds. The monoisotopic (exact) mass is 304 g/mol. The van der Waals surface area contributed by atoms with Crippen LogP contribution in [-0.2, 0) is 19.1 Å². The van der Waals surface area contributed by atoms with Gasteiger partial charge < -0.3 is 9.47 Å². The molecule has 0 radical (unpaired) electrons. The van der Waals surface area contributed by atoms with Gasteiger partial charge in [0.05, 0.1) is 0 Å². The fourth-order valence-electron chi connectivity index (χ4n) is 3.96. The maximum Gasteiger partial charge on any atom is 0.334 e. The molecule has 3 rings (SSSR count). The van der Waals surface area contributed by atoms with Gasteiger partial charge in [0.1, 0.15) is 13.2 Å². The quantitative estimate of drug-likeness (QED) is 0.751. The lowest BCUT2D eigenvalue weighted by Gasteiger charge is -2.17. The summed E-state index contributed by atoms with van der Waals surface area (Å²) in [5, 5.41) is 0. The van der Waals surface area contributed by atoms with Gasteiger partial charge >= 0.3 is 11.9 Å². The van der Waals surface area contributed by atoms with E-state index < -0.39 is 0 Å². The van der Waals surface area contributed by atoms with Crippen LogP contribution >= 0.6 is 0 Å². The van der Waals surface area contributed by atoms with Crippen molar-refractivity contribution in [1.29, 1.82) is 0 Å². The molecule has 120 valence electrons. The Bertz CT molecular complexity index is 555. The molecule has 2 atom stereocenters. The highest BCUT2D eigenvalue weighted by molar-refractivity contribution is 5.94. The maximum absolute atomic E-state index is 12.2. The van der Waals surface area contributed by atoms with Gasteiger partial charge in [-0.15, -0.1) is 0 Å². The number of hydrogen-bond acceptors (Lipinski definition) is 4. The van der Waals surface area contributed by atoms with Gasteiger partial charge in [-0.3, -0.25) is 0 Å². The number of cyclic esters (lactones) is 2. The Morgan fingerprint density at radius 3 is 2.36 bits per heavy atom. The van der Waals surface area contributed by atoms with Crippen LogP contribution in [0, 0.1) is 11.8 Å². The van der Waals surface area contributed by atoms with Crippen LogP contribution in [0.3, 0.4) is 0 Å². The Morgan fingerprint density at radius 1 is 0.955 bits per heavy atom. The molecule has 4 heteroatoms. The smallest absolute Gasteiger partial charge is 0.334 e. The molecule has 0 aromatic heterocycles. The van der Waals surface area contributed by atoms with E-state index in [9.17, 15) is 9.59 Å². The SMILES string of the molecule is CCC[C@@H]1CC2=C(COC2=O)C[C@@H](CC)CC2=C1C(=O)OC2. The molecule has 0 spiro atoms. The van der Waals surface area contributed by atoms with Crippen LogP contribution in [0.25, 0.3) is 0 Å². The van der Waals surface area contributed by atoms with E-state index in [2.05, 4.69) is 13.8 Å². The molecular weight excluding hydrogens is 280 g/mol. The first-order chi connectivity index (χ1) is 10.6. The normalized spacial score (nSPS) is 28.6. The summed E-state index contributed by atoms with van der Waals surface area (Å²) < 4.78 is 10.6. The van der Waals surface area contributed by atoms with Crippen LogP contribution in [0.4, 0.5) is 0 Å². The molecule has 2 aliphatic heterocycles. The number of carbonyl (C=O) groups is 2. The maximum atomic E-state index is 12.2. The van der Waals surface area contributed by atoms with Gasteiger partial charge in [0.2, 0.25) is 0 Å². The third-order valence-corrected chi connectivity index (χ3v) is 5.17. The van der Waals surface area contributed by atoms with Gasteiger partial charge in [-0.2, -0.15) is 0 Å². The van der Waals surface area contributed by atoms with Crippen molar-refractivity contribution in [2.75, 3.05) is 13.2 Å². The Labute approximate surface area is 131 Å². The summed E-state index contributed by atoms with van der Waals surface area (Å²) >= 11 is 0. The summed E-state index contributed by atoms with van der Waals surface area (Å²) in [6.07, 6.45) is 5.38. The van der Waals surface area contributed by atoms with E-state index in [1.165, 1.54) is 5.57 Å². The first kappa shape index (κ1) is 15.3. The van der Waals surface area contributed by atoms with Crippen molar-refractivity contribution in [2.24, 2.45) is 11.8 Å². The van der Waals surface area contributed by atoms with Crippen LogP contribution in [0.2, 0.25) is 0 Å². The lowest BCUT2D eigenvalue weighted by atomic mass is 9.85.